The zero-order valence-electron chi connectivity index (χ0n) is 13.6. The van der Waals surface area contributed by atoms with Crippen LogP contribution in [0.1, 0.15) is 12.5 Å². The van der Waals surface area contributed by atoms with Crippen molar-refractivity contribution in [3.63, 3.8) is 0 Å². The van der Waals surface area contributed by atoms with Crippen molar-refractivity contribution >= 4 is 34.4 Å². The number of nitrogens with two attached hydrogens (primary N) is 1. The number of hydrogen-bond donors (Lipinski definition) is 2. The van der Waals surface area contributed by atoms with Gasteiger partial charge in [0.1, 0.15) is 0 Å². The van der Waals surface area contributed by atoms with Gasteiger partial charge in [-0.05, 0) is 23.3 Å². The molecule has 7 nitrogen and oxygen atoms in total. The molecule has 2 aromatic carbocycles. The Labute approximate surface area is 148 Å². The lowest BCUT2D eigenvalue weighted by molar-refractivity contribution is 0.147. The van der Waals surface area contributed by atoms with Gasteiger partial charge in [-0.2, -0.15) is 0 Å². The van der Waals surface area contributed by atoms with Gasteiger partial charge in [0.25, 0.3) is 0 Å². The fourth-order valence-electron chi connectivity index (χ4n) is 2.36. The highest BCUT2D eigenvalue weighted by Gasteiger charge is 2.13. The molecule has 0 spiro atoms. The summed E-state index contributed by atoms with van der Waals surface area (Å²) in [5.41, 5.74) is 6.58. The van der Waals surface area contributed by atoms with E-state index in [0.29, 0.717) is 10.9 Å². The molecule has 0 aliphatic carbocycles. The average molecular weight is 355 g/mol. The number of fused-ring (bicyclic) bond motifs is 1. The third kappa shape index (κ3) is 3.63. The molecule has 1 heterocycles. The molecule has 25 heavy (non-hydrogen) atoms. The highest BCUT2D eigenvalue weighted by Crippen LogP contribution is 2.25. The van der Waals surface area contributed by atoms with Crippen LogP contribution in [-0.2, 0) is 10.5 Å². The van der Waals surface area contributed by atoms with Crippen LogP contribution in [0.2, 0.25) is 0 Å². The second-order valence-electron chi connectivity index (χ2n) is 5.17. The second kappa shape index (κ2) is 7.35. The number of nitrogens with one attached hydrogen (secondary N) is 1. The third-order valence-corrected chi connectivity index (χ3v) is 4.42. The van der Waals surface area contributed by atoms with Crippen LogP contribution in [0.25, 0.3) is 10.8 Å². The predicted molar refractivity (Wildman–Crippen MR) is 96.2 cm³/mol. The maximum atomic E-state index is 11.9. The Morgan fingerprint density at radius 2 is 2.04 bits per heavy atom. The summed E-state index contributed by atoms with van der Waals surface area (Å²) in [7, 11) is 0. The van der Waals surface area contributed by atoms with Gasteiger partial charge in [0.05, 0.1) is 6.61 Å². The topological polar surface area (TPSA) is 107 Å². The summed E-state index contributed by atoms with van der Waals surface area (Å²) in [4.78, 5) is 16.0. The zero-order valence-corrected chi connectivity index (χ0v) is 14.4. The number of aromatic nitrogens is 3. The van der Waals surface area contributed by atoms with E-state index in [-0.39, 0.29) is 17.9 Å². The molecule has 0 bridgehead atoms. The molecule has 0 saturated heterocycles. The average Bonchev–Trinajstić information content (AvgIpc) is 2.62. The summed E-state index contributed by atoms with van der Waals surface area (Å²) < 4.78 is 5.72. The van der Waals surface area contributed by atoms with Gasteiger partial charge in [-0.3, -0.25) is 5.41 Å². The largest absolute Gasteiger partial charge is 0.448 e. The molecule has 0 atom stereocenters. The first-order valence-corrected chi connectivity index (χ1v) is 8.66. The Bertz CT molecular complexity index is 981. The number of ether oxygens (including phenoxy) is 1. The number of benzene rings is 2. The highest BCUT2D eigenvalue weighted by molar-refractivity contribution is 7.98. The first-order valence-electron chi connectivity index (χ1n) is 7.68. The summed E-state index contributed by atoms with van der Waals surface area (Å²) >= 11 is 1.35. The fraction of sp³-hybridized carbons (Fsp3) is 0.176. The van der Waals surface area contributed by atoms with Gasteiger partial charge in [0.15, 0.2) is 11.3 Å². The lowest BCUT2D eigenvalue weighted by Crippen LogP contribution is -2.33. The first-order chi connectivity index (χ1) is 12.1. The molecule has 128 valence electrons. The van der Waals surface area contributed by atoms with Crippen molar-refractivity contribution in [3.8, 4) is 0 Å². The van der Waals surface area contributed by atoms with Crippen LogP contribution in [0.5, 0.6) is 0 Å². The van der Waals surface area contributed by atoms with Crippen LogP contribution in [0.4, 0.5) is 10.6 Å². The monoisotopic (exact) mass is 355 g/mol. The lowest BCUT2D eigenvalue weighted by atomic mass is 10.1. The molecular formula is C17H17N5O2S. The summed E-state index contributed by atoms with van der Waals surface area (Å²) in [5.74, 6) is 0.546. The molecule has 0 unspecified atom stereocenters. The molecule has 1 aromatic heterocycles. The van der Waals surface area contributed by atoms with E-state index in [1.165, 1.54) is 11.8 Å². The maximum Gasteiger partial charge on any atom is 0.436 e. The van der Waals surface area contributed by atoms with Gasteiger partial charge in [-0.15, -0.1) is 9.78 Å². The van der Waals surface area contributed by atoms with Crippen molar-refractivity contribution in [3.05, 3.63) is 53.5 Å². The molecule has 0 fully saturated rings. The minimum atomic E-state index is -0.742. The Morgan fingerprint density at radius 1 is 1.28 bits per heavy atom. The van der Waals surface area contributed by atoms with Gasteiger partial charge in [0.2, 0.25) is 5.16 Å². The number of carbonyl (C=O) groups is 1. The second-order valence-corrected chi connectivity index (χ2v) is 6.11. The van der Waals surface area contributed by atoms with Crippen LogP contribution >= 0.6 is 11.8 Å². The van der Waals surface area contributed by atoms with Crippen molar-refractivity contribution in [1.29, 1.82) is 5.41 Å². The van der Waals surface area contributed by atoms with E-state index < -0.39 is 6.09 Å². The number of thioether (sulfide) groups is 1. The van der Waals surface area contributed by atoms with Crippen LogP contribution in [0.15, 0.2) is 47.6 Å². The summed E-state index contributed by atoms with van der Waals surface area (Å²) in [5, 5.41) is 14.5. The third-order valence-electron chi connectivity index (χ3n) is 3.53. The van der Waals surface area contributed by atoms with Crippen molar-refractivity contribution < 1.29 is 9.53 Å². The van der Waals surface area contributed by atoms with E-state index in [0.717, 1.165) is 21.0 Å². The Balaban J connectivity index is 1.88. The molecule has 3 aromatic rings. The number of nitrogens with zero attached hydrogens (tertiary/aromatic N) is 3. The molecule has 0 aliphatic rings. The van der Waals surface area contributed by atoms with Gasteiger partial charge < -0.3 is 10.5 Å². The van der Waals surface area contributed by atoms with E-state index in [9.17, 15) is 4.79 Å². The number of anilines is 1. The minimum absolute atomic E-state index is 0.0662. The number of nitrogen functional groups attached to an aromatic ring is 1. The Kier molecular flexibility index (Phi) is 4.99. The van der Waals surface area contributed by atoms with Gasteiger partial charge in [-0.25, -0.2) is 9.78 Å². The van der Waals surface area contributed by atoms with E-state index in [1.807, 2.05) is 24.3 Å². The molecular weight excluding hydrogens is 338 g/mol. The molecule has 0 radical (unpaired) electrons. The standard InChI is InChI=1S/C17H17N5O2S/c1-2-24-17(23)22-15(19)14(18)20-16(21-22)25-10-12-8-5-7-11-6-3-4-9-13(11)12/h3-9,19H,2,10H2,1H3,(H2,18,20,21). The quantitative estimate of drug-likeness (QED) is 0.697. The van der Waals surface area contributed by atoms with E-state index in [2.05, 4.69) is 28.3 Å². The fourth-order valence-corrected chi connectivity index (χ4v) is 3.20. The first kappa shape index (κ1) is 17.0. The number of carbonyl (C=O) groups excluding carboxylic acids is 1. The van der Waals surface area contributed by atoms with Gasteiger partial charge in [-0.1, -0.05) is 54.2 Å². The van der Waals surface area contributed by atoms with Crippen molar-refractivity contribution in [2.24, 2.45) is 0 Å². The van der Waals surface area contributed by atoms with Crippen molar-refractivity contribution in [2.75, 3.05) is 12.3 Å². The van der Waals surface area contributed by atoms with Gasteiger partial charge in [0, 0.05) is 5.75 Å². The number of rotatable bonds is 4. The predicted octanol–water partition coefficient (Wildman–Crippen LogP) is 2.79. The summed E-state index contributed by atoms with van der Waals surface area (Å²) in [6.07, 6.45) is -0.742. The maximum absolute atomic E-state index is 11.9. The minimum Gasteiger partial charge on any atom is -0.448 e. The normalized spacial score (nSPS) is 10.8. The highest BCUT2D eigenvalue weighted by atomic mass is 32.2. The molecule has 0 aliphatic heterocycles. The SMILES string of the molecule is CCOC(=O)n1nc(SCc2cccc3ccccc23)nc(N)c1=N. The van der Waals surface area contributed by atoms with Crippen LogP contribution < -0.4 is 11.2 Å². The Hall–Kier alpha value is -2.87. The molecule has 3 N–H and O–H groups in total. The smallest absolute Gasteiger partial charge is 0.436 e. The molecule has 3 rings (SSSR count). The summed E-state index contributed by atoms with van der Waals surface area (Å²) in [6, 6.07) is 14.2. The van der Waals surface area contributed by atoms with Crippen molar-refractivity contribution in [1.82, 2.24) is 14.8 Å². The summed E-state index contributed by atoms with van der Waals surface area (Å²) in [6.45, 7) is 1.87. The molecule has 0 saturated carbocycles. The Morgan fingerprint density at radius 3 is 2.84 bits per heavy atom. The van der Waals surface area contributed by atoms with Crippen LogP contribution in [-0.4, -0.2) is 27.5 Å². The zero-order chi connectivity index (χ0) is 17.8. The van der Waals surface area contributed by atoms with E-state index in [1.54, 1.807) is 6.92 Å². The van der Waals surface area contributed by atoms with E-state index >= 15 is 0 Å². The lowest BCUT2D eigenvalue weighted by Gasteiger charge is -2.09. The van der Waals surface area contributed by atoms with Gasteiger partial charge >= 0.3 is 6.09 Å². The molecule has 0 amide bonds. The van der Waals surface area contributed by atoms with Crippen molar-refractivity contribution in [2.45, 2.75) is 17.8 Å². The number of hydrogen-bond acceptors (Lipinski definition) is 7. The van der Waals surface area contributed by atoms with Crippen LogP contribution in [0.3, 0.4) is 0 Å². The molecule has 8 heteroatoms. The van der Waals surface area contributed by atoms with E-state index in [4.69, 9.17) is 15.9 Å². The van der Waals surface area contributed by atoms with Crippen LogP contribution in [0, 0.1) is 5.41 Å².